The molecule has 0 bridgehead atoms. The molecule has 1 fully saturated rings. The summed E-state index contributed by atoms with van der Waals surface area (Å²) in [6.07, 6.45) is 3.71. The molecule has 0 spiro atoms. The highest BCUT2D eigenvalue weighted by Gasteiger charge is 2.27. The number of pyridine rings is 2. The van der Waals surface area contributed by atoms with Crippen LogP contribution in [-0.4, -0.2) is 78.1 Å². The normalized spacial score (nSPS) is 18.7. The van der Waals surface area contributed by atoms with Crippen LogP contribution in [0.15, 0.2) is 30.6 Å². The van der Waals surface area contributed by atoms with Crippen molar-refractivity contribution < 1.29 is 14.3 Å². The van der Waals surface area contributed by atoms with Gasteiger partial charge >= 0.3 is 0 Å². The molecule has 2 aliphatic rings. The number of anilines is 2. The predicted octanol–water partition coefficient (Wildman–Crippen LogP) is 1.11. The minimum atomic E-state index is -0.472. The van der Waals surface area contributed by atoms with E-state index in [0.717, 1.165) is 44.0 Å². The summed E-state index contributed by atoms with van der Waals surface area (Å²) < 4.78 is 5.67. The molecule has 2 N–H and O–H groups in total. The maximum absolute atomic E-state index is 12.1. The largest absolute Gasteiger partial charge is 0.463 e. The topological polar surface area (TPSA) is 103 Å². The van der Waals surface area contributed by atoms with Crippen molar-refractivity contribution in [3.05, 3.63) is 41.9 Å². The van der Waals surface area contributed by atoms with E-state index < -0.39 is 6.10 Å². The monoisotopic (exact) mass is 439 g/mol. The minimum Gasteiger partial charge on any atom is -0.463 e. The molecule has 32 heavy (non-hydrogen) atoms. The van der Waals surface area contributed by atoms with Crippen LogP contribution in [0.4, 0.5) is 11.4 Å². The van der Waals surface area contributed by atoms with Gasteiger partial charge in [0, 0.05) is 53.0 Å². The Morgan fingerprint density at radius 2 is 2.00 bits per heavy atom. The molecule has 4 rings (SSSR count). The standard InChI is InChI=1S/C22H29N7O3/c1-4-19-21(31)25-18-11-15(12-24-22(18)32-19)14-28-7-9-29(10-8-28)16-5-6-17(23-13-16)20(30)26-27(2)3/h5-6,11-13,19H,4,7-10,14H2,1-3H3,(H,25,31)(H,26,30). The fourth-order valence-electron chi connectivity index (χ4n) is 3.83. The molecule has 2 amide bonds. The highest BCUT2D eigenvalue weighted by molar-refractivity contribution is 5.97. The molecule has 170 valence electrons. The number of hydrazine groups is 1. The Balaban J connectivity index is 1.31. The second-order valence-corrected chi connectivity index (χ2v) is 8.20. The third-order valence-corrected chi connectivity index (χ3v) is 5.53. The van der Waals surface area contributed by atoms with Crippen molar-refractivity contribution in [2.75, 3.05) is 50.5 Å². The molecule has 10 nitrogen and oxygen atoms in total. The second-order valence-electron chi connectivity index (χ2n) is 8.20. The van der Waals surface area contributed by atoms with Crippen molar-refractivity contribution in [2.24, 2.45) is 0 Å². The minimum absolute atomic E-state index is 0.119. The fourth-order valence-corrected chi connectivity index (χ4v) is 3.83. The number of rotatable bonds is 6. The van der Waals surface area contributed by atoms with Gasteiger partial charge in [-0.05, 0) is 30.2 Å². The van der Waals surface area contributed by atoms with E-state index in [1.165, 1.54) is 0 Å². The van der Waals surface area contributed by atoms with Crippen LogP contribution in [0.1, 0.15) is 29.4 Å². The van der Waals surface area contributed by atoms with Gasteiger partial charge in [-0.2, -0.15) is 0 Å². The zero-order valence-electron chi connectivity index (χ0n) is 18.7. The van der Waals surface area contributed by atoms with Crippen molar-refractivity contribution in [1.82, 2.24) is 25.3 Å². The van der Waals surface area contributed by atoms with Gasteiger partial charge in [0.25, 0.3) is 11.8 Å². The van der Waals surface area contributed by atoms with E-state index in [1.807, 2.05) is 25.3 Å². The Morgan fingerprint density at radius 3 is 2.66 bits per heavy atom. The van der Waals surface area contributed by atoms with Crippen molar-refractivity contribution in [2.45, 2.75) is 26.0 Å². The van der Waals surface area contributed by atoms with E-state index in [1.54, 1.807) is 31.4 Å². The highest BCUT2D eigenvalue weighted by atomic mass is 16.5. The van der Waals surface area contributed by atoms with Crippen LogP contribution in [0.3, 0.4) is 0 Å². The third-order valence-electron chi connectivity index (χ3n) is 5.53. The lowest BCUT2D eigenvalue weighted by molar-refractivity contribution is -0.123. The average molecular weight is 440 g/mol. The van der Waals surface area contributed by atoms with Gasteiger partial charge < -0.3 is 15.0 Å². The number of hydrogen-bond acceptors (Lipinski definition) is 8. The van der Waals surface area contributed by atoms with Gasteiger partial charge in [-0.25, -0.2) is 15.0 Å². The first-order valence-electron chi connectivity index (χ1n) is 10.8. The number of ether oxygens (including phenoxy) is 1. The molecule has 1 atom stereocenters. The van der Waals surface area contributed by atoms with Crippen LogP contribution in [0, 0.1) is 0 Å². The molecule has 4 heterocycles. The molecule has 0 radical (unpaired) electrons. The lowest BCUT2D eigenvalue weighted by Crippen LogP contribution is -2.46. The molecular weight excluding hydrogens is 410 g/mol. The molecule has 10 heteroatoms. The van der Waals surface area contributed by atoms with Crippen molar-refractivity contribution in [3.8, 4) is 5.88 Å². The van der Waals surface area contributed by atoms with E-state index in [-0.39, 0.29) is 11.8 Å². The van der Waals surface area contributed by atoms with Gasteiger partial charge in [0.2, 0.25) is 5.88 Å². The first-order valence-corrected chi connectivity index (χ1v) is 10.8. The van der Waals surface area contributed by atoms with E-state index in [0.29, 0.717) is 23.7 Å². The van der Waals surface area contributed by atoms with Gasteiger partial charge in [-0.1, -0.05) is 6.92 Å². The number of aromatic nitrogens is 2. The zero-order chi connectivity index (χ0) is 22.7. The predicted molar refractivity (Wildman–Crippen MR) is 120 cm³/mol. The molecule has 1 saturated heterocycles. The lowest BCUT2D eigenvalue weighted by atomic mass is 10.1. The number of piperazine rings is 1. The summed E-state index contributed by atoms with van der Waals surface area (Å²) in [5, 5.41) is 4.49. The Kier molecular flexibility index (Phi) is 6.52. The molecule has 0 saturated carbocycles. The van der Waals surface area contributed by atoms with E-state index in [9.17, 15) is 9.59 Å². The zero-order valence-corrected chi connectivity index (χ0v) is 18.7. The van der Waals surface area contributed by atoms with Gasteiger partial charge in [-0.15, -0.1) is 0 Å². The van der Waals surface area contributed by atoms with Crippen LogP contribution in [0.2, 0.25) is 0 Å². The molecule has 2 aromatic rings. The highest BCUT2D eigenvalue weighted by Crippen LogP contribution is 2.29. The summed E-state index contributed by atoms with van der Waals surface area (Å²) >= 11 is 0. The number of carbonyl (C=O) groups excluding carboxylic acids is 2. The van der Waals surface area contributed by atoms with E-state index in [2.05, 4.69) is 30.5 Å². The van der Waals surface area contributed by atoms with Crippen molar-refractivity contribution >= 4 is 23.2 Å². The SMILES string of the molecule is CCC1Oc2ncc(CN3CCN(c4ccc(C(=O)NN(C)C)nc4)CC3)cc2NC1=O. The van der Waals surface area contributed by atoms with E-state index in [4.69, 9.17) is 4.74 Å². The maximum atomic E-state index is 12.1. The van der Waals surface area contributed by atoms with Crippen molar-refractivity contribution in [3.63, 3.8) is 0 Å². The molecular formula is C22H29N7O3. The number of hydrogen-bond donors (Lipinski definition) is 2. The maximum Gasteiger partial charge on any atom is 0.284 e. The van der Waals surface area contributed by atoms with Crippen LogP contribution in [0.5, 0.6) is 5.88 Å². The van der Waals surface area contributed by atoms with Crippen LogP contribution in [0.25, 0.3) is 0 Å². The summed E-state index contributed by atoms with van der Waals surface area (Å²) in [5.41, 5.74) is 5.76. The summed E-state index contributed by atoms with van der Waals surface area (Å²) in [5.74, 6) is 0.142. The summed E-state index contributed by atoms with van der Waals surface area (Å²) in [6, 6.07) is 5.63. The Morgan fingerprint density at radius 1 is 1.22 bits per heavy atom. The summed E-state index contributed by atoms with van der Waals surface area (Å²) in [4.78, 5) is 37.4. The van der Waals surface area contributed by atoms with E-state index >= 15 is 0 Å². The molecule has 2 aromatic heterocycles. The number of amides is 2. The number of carbonyl (C=O) groups is 2. The van der Waals surface area contributed by atoms with Crippen LogP contribution >= 0.6 is 0 Å². The quantitative estimate of drug-likeness (QED) is 0.646. The number of nitrogens with one attached hydrogen (secondary N) is 2. The molecule has 0 aromatic carbocycles. The smallest absolute Gasteiger partial charge is 0.284 e. The summed E-state index contributed by atoms with van der Waals surface area (Å²) in [7, 11) is 3.52. The second kappa shape index (κ2) is 9.49. The Labute approximate surface area is 187 Å². The molecule has 1 unspecified atom stereocenters. The van der Waals surface area contributed by atoms with Gasteiger partial charge in [-0.3, -0.25) is 19.9 Å². The van der Waals surface area contributed by atoms with Gasteiger partial charge in [0.1, 0.15) is 11.4 Å². The molecule has 0 aliphatic carbocycles. The third kappa shape index (κ3) is 4.97. The summed E-state index contributed by atoms with van der Waals surface area (Å²) in [6.45, 7) is 6.17. The Hall–Kier alpha value is -3.24. The number of nitrogens with zero attached hydrogens (tertiary/aromatic N) is 5. The lowest BCUT2D eigenvalue weighted by Gasteiger charge is -2.36. The Bertz CT molecular complexity index is 972. The van der Waals surface area contributed by atoms with Crippen molar-refractivity contribution in [1.29, 1.82) is 0 Å². The first kappa shape index (κ1) is 22.0. The average Bonchev–Trinajstić information content (AvgIpc) is 2.79. The number of fused-ring (bicyclic) bond motifs is 1. The molecule has 2 aliphatic heterocycles. The fraction of sp³-hybridized carbons (Fsp3) is 0.455. The van der Waals surface area contributed by atoms with Gasteiger partial charge in [0.15, 0.2) is 6.10 Å². The first-order chi connectivity index (χ1) is 15.4. The van der Waals surface area contributed by atoms with Gasteiger partial charge in [0.05, 0.1) is 11.9 Å². The van der Waals surface area contributed by atoms with Crippen LogP contribution in [-0.2, 0) is 11.3 Å². The van der Waals surface area contributed by atoms with Crippen LogP contribution < -0.4 is 20.4 Å².